The molecular formula is C14H12FNO. The van der Waals surface area contributed by atoms with E-state index in [9.17, 15) is 9.18 Å². The van der Waals surface area contributed by atoms with Gasteiger partial charge in [0, 0.05) is 23.9 Å². The van der Waals surface area contributed by atoms with Crippen molar-refractivity contribution < 1.29 is 9.18 Å². The largest absolute Gasteiger partial charge is 0.294 e. The van der Waals surface area contributed by atoms with E-state index >= 15 is 0 Å². The number of hydrogen-bond donors (Lipinski definition) is 0. The van der Waals surface area contributed by atoms with Crippen LogP contribution >= 0.6 is 0 Å². The van der Waals surface area contributed by atoms with E-state index in [1.807, 2.05) is 18.2 Å². The summed E-state index contributed by atoms with van der Waals surface area (Å²) < 4.78 is 12.7. The Labute approximate surface area is 99.1 Å². The Balaban J connectivity index is 1.96. The van der Waals surface area contributed by atoms with Crippen LogP contribution in [0.25, 0.3) is 0 Å². The summed E-state index contributed by atoms with van der Waals surface area (Å²) in [7, 11) is 0. The van der Waals surface area contributed by atoms with Crippen LogP contribution in [0.2, 0.25) is 0 Å². The maximum absolute atomic E-state index is 12.7. The highest BCUT2D eigenvalue weighted by Crippen LogP contribution is 2.08. The molecule has 1 aromatic carbocycles. The van der Waals surface area contributed by atoms with Crippen LogP contribution in [-0.4, -0.2) is 10.8 Å². The minimum absolute atomic E-state index is 0.00986. The lowest BCUT2D eigenvalue weighted by Crippen LogP contribution is -2.02. The molecule has 0 radical (unpaired) electrons. The Bertz CT molecular complexity index is 493. The molecule has 0 spiro atoms. The summed E-state index contributed by atoms with van der Waals surface area (Å²) in [6, 6.07) is 11.2. The Morgan fingerprint density at radius 3 is 2.53 bits per heavy atom. The molecule has 0 atom stereocenters. The standard InChI is InChI=1S/C14H12FNO/c15-12-6-4-11(5-7-12)14(17)9-8-13-3-1-2-10-16-13/h1-7,10H,8-9H2. The van der Waals surface area contributed by atoms with Crippen molar-refractivity contribution in [3.05, 3.63) is 65.7 Å². The van der Waals surface area contributed by atoms with Crippen molar-refractivity contribution in [2.75, 3.05) is 0 Å². The van der Waals surface area contributed by atoms with Gasteiger partial charge in [-0.3, -0.25) is 9.78 Å². The number of Topliss-reactive ketones (excluding diaryl/α,β-unsaturated/α-hetero) is 1. The van der Waals surface area contributed by atoms with Gasteiger partial charge in [0.1, 0.15) is 5.82 Å². The van der Waals surface area contributed by atoms with Crippen LogP contribution in [0.5, 0.6) is 0 Å². The molecule has 0 N–H and O–H groups in total. The van der Waals surface area contributed by atoms with Gasteiger partial charge in [-0.2, -0.15) is 0 Å². The number of hydrogen-bond acceptors (Lipinski definition) is 2. The van der Waals surface area contributed by atoms with Gasteiger partial charge in [-0.15, -0.1) is 0 Å². The number of carbonyl (C=O) groups is 1. The summed E-state index contributed by atoms with van der Waals surface area (Å²) in [5.74, 6) is -0.318. The average molecular weight is 229 g/mol. The molecule has 0 saturated heterocycles. The lowest BCUT2D eigenvalue weighted by Gasteiger charge is -2.01. The van der Waals surface area contributed by atoms with Gasteiger partial charge in [0.15, 0.2) is 5.78 Å². The summed E-state index contributed by atoms with van der Waals surface area (Å²) in [6.45, 7) is 0. The number of carbonyl (C=O) groups excluding carboxylic acids is 1. The van der Waals surface area contributed by atoms with Gasteiger partial charge in [0.2, 0.25) is 0 Å². The summed E-state index contributed by atoms with van der Waals surface area (Å²) in [5.41, 5.74) is 1.44. The molecule has 17 heavy (non-hydrogen) atoms. The van der Waals surface area contributed by atoms with Crippen LogP contribution in [0.15, 0.2) is 48.7 Å². The predicted octanol–water partition coefficient (Wildman–Crippen LogP) is 3.04. The minimum atomic E-state index is -0.328. The first-order valence-electron chi connectivity index (χ1n) is 5.44. The van der Waals surface area contributed by atoms with Crippen LogP contribution in [0.3, 0.4) is 0 Å². The molecule has 0 aliphatic carbocycles. The fraction of sp³-hybridized carbons (Fsp3) is 0.143. The van der Waals surface area contributed by atoms with E-state index < -0.39 is 0 Å². The maximum Gasteiger partial charge on any atom is 0.163 e. The van der Waals surface area contributed by atoms with Crippen molar-refractivity contribution in [2.45, 2.75) is 12.8 Å². The van der Waals surface area contributed by atoms with Gasteiger partial charge in [0.05, 0.1) is 0 Å². The third kappa shape index (κ3) is 3.21. The molecule has 0 fully saturated rings. The number of benzene rings is 1. The Morgan fingerprint density at radius 1 is 1.12 bits per heavy atom. The predicted molar refractivity (Wildman–Crippen MR) is 63.3 cm³/mol. The van der Waals surface area contributed by atoms with E-state index in [0.29, 0.717) is 18.4 Å². The summed E-state index contributed by atoms with van der Waals surface area (Å²) >= 11 is 0. The number of rotatable bonds is 4. The first-order chi connectivity index (χ1) is 8.25. The van der Waals surface area contributed by atoms with Crippen molar-refractivity contribution in [3.63, 3.8) is 0 Å². The maximum atomic E-state index is 12.7. The molecule has 0 unspecified atom stereocenters. The first-order valence-corrected chi connectivity index (χ1v) is 5.44. The average Bonchev–Trinajstić information content (AvgIpc) is 2.38. The summed E-state index contributed by atoms with van der Waals surface area (Å²) in [6.07, 6.45) is 2.71. The molecule has 2 rings (SSSR count). The second kappa shape index (κ2) is 5.34. The second-order valence-electron chi connectivity index (χ2n) is 3.75. The lowest BCUT2D eigenvalue weighted by molar-refractivity contribution is 0.0982. The summed E-state index contributed by atoms with van der Waals surface area (Å²) in [5, 5.41) is 0. The van der Waals surface area contributed by atoms with Crippen molar-refractivity contribution in [1.29, 1.82) is 0 Å². The van der Waals surface area contributed by atoms with E-state index in [2.05, 4.69) is 4.98 Å². The number of aryl methyl sites for hydroxylation is 1. The molecule has 2 nitrogen and oxygen atoms in total. The zero-order valence-electron chi connectivity index (χ0n) is 9.27. The van der Waals surface area contributed by atoms with E-state index in [-0.39, 0.29) is 11.6 Å². The van der Waals surface area contributed by atoms with Gasteiger partial charge in [-0.1, -0.05) is 6.07 Å². The number of ketones is 1. The molecule has 0 aliphatic heterocycles. The Hall–Kier alpha value is -2.03. The van der Waals surface area contributed by atoms with E-state index in [1.54, 1.807) is 6.20 Å². The highest BCUT2D eigenvalue weighted by molar-refractivity contribution is 5.96. The van der Waals surface area contributed by atoms with Gasteiger partial charge < -0.3 is 0 Å². The molecule has 0 amide bonds. The molecule has 1 heterocycles. The van der Waals surface area contributed by atoms with Crippen LogP contribution in [-0.2, 0) is 6.42 Å². The topological polar surface area (TPSA) is 30.0 Å². The van der Waals surface area contributed by atoms with Crippen molar-refractivity contribution in [3.8, 4) is 0 Å². The molecule has 0 saturated carbocycles. The third-order valence-electron chi connectivity index (χ3n) is 2.50. The Morgan fingerprint density at radius 2 is 1.88 bits per heavy atom. The molecular weight excluding hydrogens is 217 g/mol. The van der Waals surface area contributed by atoms with Crippen molar-refractivity contribution in [1.82, 2.24) is 4.98 Å². The van der Waals surface area contributed by atoms with E-state index in [1.165, 1.54) is 24.3 Å². The number of nitrogens with zero attached hydrogens (tertiary/aromatic N) is 1. The zero-order chi connectivity index (χ0) is 12.1. The molecule has 0 bridgehead atoms. The smallest absolute Gasteiger partial charge is 0.163 e. The van der Waals surface area contributed by atoms with Crippen LogP contribution in [0, 0.1) is 5.82 Å². The molecule has 2 aromatic rings. The van der Waals surface area contributed by atoms with E-state index in [4.69, 9.17) is 0 Å². The van der Waals surface area contributed by atoms with Gasteiger partial charge in [-0.05, 0) is 42.8 Å². The first kappa shape index (κ1) is 11.5. The highest BCUT2D eigenvalue weighted by atomic mass is 19.1. The normalized spacial score (nSPS) is 10.2. The Kier molecular flexibility index (Phi) is 3.60. The van der Waals surface area contributed by atoms with Crippen LogP contribution in [0.1, 0.15) is 22.5 Å². The molecule has 1 aromatic heterocycles. The van der Waals surface area contributed by atoms with Crippen LogP contribution in [0.4, 0.5) is 4.39 Å². The fourth-order valence-corrected chi connectivity index (χ4v) is 1.57. The van der Waals surface area contributed by atoms with Gasteiger partial charge in [0.25, 0.3) is 0 Å². The molecule has 3 heteroatoms. The monoisotopic (exact) mass is 229 g/mol. The van der Waals surface area contributed by atoms with Crippen molar-refractivity contribution >= 4 is 5.78 Å². The van der Waals surface area contributed by atoms with Crippen molar-refractivity contribution in [2.24, 2.45) is 0 Å². The number of pyridine rings is 1. The summed E-state index contributed by atoms with van der Waals surface area (Å²) in [4.78, 5) is 15.9. The van der Waals surface area contributed by atoms with Crippen LogP contribution < -0.4 is 0 Å². The van der Waals surface area contributed by atoms with Gasteiger partial charge in [-0.25, -0.2) is 4.39 Å². The SMILES string of the molecule is O=C(CCc1ccccn1)c1ccc(F)cc1. The second-order valence-corrected chi connectivity index (χ2v) is 3.75. The molecule has 86 valence electrons. The van der Waals surface area contributed by atoms with E-state index in [0.717, 1.165) is 5.69 Å². The number of aromatic nitrogens is 1. The minimum Gasteiger partial charge on any atom is -0.294 e. The fourth-order valence-electron chi connectivity index (χ4n) is 1.57. The molecule has 0 aliphatic rings. The lowest BCUT2D eigenvalue weighted by atomic mass is 10.1. The highest BCUT2D eigenvalue weighted by Gasteiger charge is 2.06. The quantitative estimate of drug-likeness (QED) is 0.754. The van der Waals surface area contributed by atoms with Gasteiger partial charge >= 0.3 is 0 Å². The number of halogens is 1. The zero-order valence-corrected chi connectivity index (χ0v) is 9.27. The third-order valence-corrected chi connectivity index (χ3v) is 2.50.